The molecule has 2 unspecified atom stereocenters. The highest BCUT2D eigenvalue weighted by Gasteiger charge is 2.45. The first-order chi connectivity index (χ1) is 24.0. The minimum atomic E-state index is -5.12. The molecule has 7 N–H and O–H groups in total. The lowest BCUT2D eigenvalue weighted by Gasteiger charge is -2.32. The molecule has 0 fully saturated rings. The third-order valence-corrected chi connectivity index (χ3v) is 7.34. The van der Waals surface area contributed by atoms with Gasteiger partial charge in [0.15, 0.2) is 6.10 Å². The summed E-state index contributed by atoms with van der Waals surface area (Å²) in [6, 6.07) is 21.7. The summed E-state index contributed by atoms with van der Waals surface area (Å²) >= 11 is 0. The van der Waals surface area contributed by atoms with Crippen LogP contribution in [0.25, 0.3) is 11.1 Å². The Kier molecular flexibility index (Phi) is 16.3. The average Bonchev–Trinajstić information content (AvgIpc) is 3.09. The van der Waals surface area contributed by atoms with Crippen molar-refractivity contribution >= 4 is 29.5 Å². The fourth-order valence-corrected chi connectivity index (χ4v) is 4.65. The van der Waals surface area contributed by atoms with Crippen molar-refractivity contribution in [1.29, 1.82) is 0 Å². The molecule has 0 saturated carbocycles. The molecule has 276 valence electrons. The molecule has 3 aromatic carbocycles. The Labute approximate surface area is 295 Å². The summed E-state index contributed by atoms with van der Waals surface area (Å²) < 4.78 is 39.8. The molecule has 0 saturated heterocycles. The number of carbonyl (C=O) groups is 5. The van der Waals surface area contributed by atoms with Gasteiger partial charge in [-0.3, -0.25) is 24.0 Å². The van der Waals surface area contributed by atoms with Gasteiger partial charge in [0.05, 0.1) is 12.6 Å². The SMILES string of the molecule is CC(C)(NC(=O)[C@H](Cc1ccccc1)NC(=O)CNC(=O)c1ccc(-c2ccccc2)cc1)C(=O)NC(CCC(N)=O)C(O)C(F)(F)F.CCC. The number of aliphatic hydroxyl groups excluding tert-OH is 1. The van der Waals surface area contributed by atoms with Crippen LogP contribution < -0.4 is 27.0 Å². The Bertz CT molecular complexity index is 1590. The van der Waals surface area contributed by atoms with Gasteiger partial charge in [-0.2, -0.15) is 13.2 Å². The van der Waals surface area contributed by atoms with Crippen LogP contribution in [0.2, 0.25) is 0 Å². The van der Waals surface area contributed by atoms with Crippen LogP contribution in [0, 0.1) is 0 Å². The van der Waals surface area contributed by atoms with Gasteiger partial charge in [0.1, 0.15) is 11.6 Å². The number of alkyl halides is 3. The summed E-state index contributed by atoms with van der Waals surface area (Å²) in [5.74, 6) is -4.13. The van der Waals surface area contributed by atoms with Crippen molar-refractivity contribution in [2.45, 2.75) is 83.3 Å². The number of hydrogen-bond donors (Lipinski definition) is 6. The van der Waals surface area contributed by atoms with E-state index in [-0.39, 0.29) is 6.42 Å². The Morgan fingerprint density at radius 3 is 1.86 bits per heavy atom. The van der Waals surface area contributed by atoms with Crippen LogP contribution >= 0.6 is 0 Å². The van der Waals surface area contributed by atoms with Gasteiger partial charge in [-0.05, 0) is 49.1 Å². The molecule has 11 nitrogen and oxygen atoms in total. The number of nitrogens with two attached hydrogens (primary N) is 1. The highest BCUT2D eigenvalue weighted by atomic mass is 19.4. The fourth-order valence-electron chi connectivity index (χ4n) is 4.65. The zero-order valence-corrected chi connectivity index (χ0v) is 29.1. The van der Waals surface area contributed by atoms with Crippen molar-refractivity contribution < 1.29 is 42.3 Å². The third kappa shape index (κ3) is 14.3. The van der Waals surface area contributed by atoms with Gasteiger partial charge in [0, 0.05) is 18.4 Å². The van der Waals surface area contributed by atoms with E-state index in [1.54, 1.807) is 54.6 Å². The van der Waals surface area contributed by atoms with Crippen LogP contribution in [0.4, 0.5) is 13.2 Å². The highest BCUT2D eigenvalue weighted by Crippen LogP contribution is 2.25. The smallest absolute Gasteiger partial charge is 0.382 e. The molecule has 0 bridgehead atoms. The monoisotopic (exact) mass is 713 g/mol. The van der Waals surface area contributed by atoms with Crippen LogP contribution in [-0.4, -0.2) is 71.1 Å². The molecule has 0 aliphatic rings. The Hall–Kier alpha value is -5.24. The summed E-state index contributed by atoms with van der Waals surface area (Å²) in [5.41, 5.74) is 6.00. The van der Waals surface area contributed by atoms with E-state index in [1.165, 1.54) is 20.3 Å². The third-order valence-electron chi connectivity index (χ3n) is 7.34. The molecule has 0 heterocycles. The predicted molar refractivity (Wildman–Crippen MR) is 187 cm³/mol. The number of nitrogens with one attached hydrogen (secondary N) is 4. The summed E-state index contributed by atoms with van der Waals surface area (Å²) in [6.45, 7) is 6.20. The van der Waals surface area contributed by atoms with E-state index >= 15 is 0 Å². The molecular formula is C37H46F3N5O6. The van der Waals surface area contributed by atoms with E-state index in [1.807, 2.05) is 35.6 Å². The Balaban J connectivity index is 0.00000290. The van der Waals surface area contributed by atoms with E-state index < -0.39 is 78.8 Å². The second-order valence-corrected chi connectivity index (χ2v) is 12.3. The minimum Gasteiger partial charge on any atom is -0.382 e. The van der Waals surface area contributed by atoms with Crippen molar-refractivity contribution in [1.82, 2.24) is 21.3 Å². The first kappa shape index (κ1) is 41.9. The van der Waals surface area contributed by atoms with E-state index in [4.69, 9.17) is 5.73 Å². The van der Waals surface area contributed by atoms with Gasteiger partial charge in [0.25, 0.3) is 5.91 Å². The van der Waals surface area contributed by atoms with E-state index in [0.29, 0.717) is 11.1 Å². The number of primary amides is 1. The number of halogens is 3. The second kappa shape index (κ2) is 19.8. The van der Waals surface area contributed by atoms with E-state index in [0.717, 1.165) is 11.1 Å². The fraction of sp³-hybridized carbons (Fsp3) is 0.378. The molecule has 3 rings (SSSR count). The molecule has 0 aliphatic heterocycles. The normalized spacial score (nSPS) is 12.9. The number of hydrogen-bond acceptors (Lipinski definition) is 6. The van der Waals surface area contributed by atoms with Crippen LogP contribution in [0.5, 0.6) is 0 Å². The maximum absolute atomic E-state index is 13.4. The van der Waals surface area contributed by atoms with E-state index in [2.05, 4.69) is 29.8 Å². The van der Waals surface area contributed by atoms with Crippen LogP contribution in [0.3, 0.4) is 0 Å². The standard InChI is InChI=1S/C34H38F3N5O6.C3H8/c1-33(2,32(48)41-25(17-18-27(38)43)29(45)34(35,36)37)42-31(47)26(19-21-9-5-3-6-10-21)40-28(44)20-39-30(46)24-15-13-23(14-16-24)22-11-7-4-8-12-22;1-3-2/h3-16,25-26,29,45H,17-20H2,1-2H3,(H2,38,43)(H,39,46)(H,40,44)(H,41,48)(H,42,47);3H2,1-2H3/t25?,26-,29?;/m0./s1. The molecule has 0 radical (unpaired) electrons. The molecule has 0 spiro atoms. The van der Waals surface area contributed by atoms with E-state index in [9.17, 15) is 42.3 Å². The van der Waals surface area contributed by atoms with Crippen molar-refractivity contribution in [3.63, 3.8) is 0 Å². The van der Waals surface area contributed by atoms with Crippen molar-refractivity contribution in [2.24, 2.45) is 5.73 Å². The van der Waals surface area contributed by atoms with Crippen molar-refractivity contribution in [3.05, 3.63) is 96.1 Å². The number of rotatable bonds is 15. The highest BCUT2D eigenvalue weighted by molar-refractivity contribution is 5.98. The summed E-state index contributed by atoms with van der Waals surface area (Å²) in [7, 11) is 0. The lowest BCUT2D eigenvalue weighted by atomic mass is 9.98. The minimum absolute atomic E-state index is 0.0287. The lowest BCUT2D eigenvalue weighted by Crippen LogP contribution is -2.62. The maximum Gasteiger partial charge on any atom is 0.416 e. The quantitative estimate of drug-likeness (QED) is 0.140. The van der Waals surface area contributed by atoms with Crippen molar-refractivity contribution in [3.8, 4) is 11.1 Å². The molecule has 5 amide bonds. The number of carbonyl (C=O) groups excluding carboxylic acids is 5. The molecule has 0 aromatic heterocycles. The molecule has 14 heteroatoms. The maximum atomic E-state index is 13.4. The molecule has 0 aliphatic carbocycles. The zero-order chi connectivity index (χ0) is 38.2. The van der Waals surface area contributed by atoms with Gasteiger partial charge in [-0.1, -0.05) is 93.1 Å². The summed E-state index contributed by atoms with van der Waals surface area (Å²) in [6.07, 6.45) is -8.06. The summed E-state index contributed by atoms with van der Waals surface area (Å²) in [4.78, 5) is 63.3. The van der Waals surface area contributed by atoms with Gasteiger partial charge in [0.2, 0.25) is 23.6 Å². The topological polar surface area (TPSA) is 180 Å². The largest absolute Gasteiger partial charge is 0.416 e. The van der Waals surface area contributed by atoms with Gasteiger partial charge < -0.3 is 32.1 Å². The number of benzene rings is 3. The first-order valence-electron chi connectivity index (χ1n) is 16.4. The lowest BCUT2D eigenvalue weighted by molar-refractivity contribution is -0.213. The Morgan fingerprint density at radius 2 is 1.33 bits per heavy atom. The molecule has 3 atom stereocenters. The molecular weight excluding hydrogens is 667 g/mol. The van der Waals surface area contributed by atoms with Gasteiger partial charge in [-0.15, -0.1) is 0 Å². The second-order valence-electron chi connectivity index (χ2n) is 12.3. The van der Waals surface area contributed by atoms with Gasteiger partial charge in [-0.25, -0.2) is 0 Å². The first-order valence-corrected chi connectivity index (χ1v) is 16.4. The number of amides is 5. The Morgan fingerprint density at radius 1 is 0.804 bits per heavy atom. The number of aliphatic hydroxyl groups is 1. The average molecular weight is 714 g/mol. The van der Waals surface area contributed by atoms with Gasteiger partial charge >= 0.3 is 6.18 Å². The van der Waals surface area contributed by atoms with Crippen LogP contribution in [-0.2, 0) is 25.6 Å². The molecule has 51 heavy (non-hydrogen) atoms. The van der Waals surface area contributed by atoms with Crippen LogP contribution in [0.1, 0.15) is 62.9 Å². The zero-order valence-electron chi connectivity index (χ0n) is 29.1. The van der Waals surface area contributed by atoms with Crippen LogP contribution in [0.15, 0.2) is 84.9 Å². The molecule has 3 aromatic rings. The summed E-state index contributed by atoms with van der Waals surface area (Å²) in [5, 5.41) is 19.3. The predicted octanol–water partition coefficient (Wildman–Crippen LogP) is 3.80. The van der Waals surface area contributed by atoms with Crippen molar-refractivity contribution in [2.75, 3.05) is 6.54 Å².